The molecule has 3 N–H and O–H groups in total. The topological polar surface area (TPSA) is 103 Å². The maximum absolute atomic E-state index is 12.4. The number of amides is 2. The Morgan fingerprint density at radius 2 is 1.67 bits per heavy atom. The molecular formula is C18H17N3O4S2. The molecule has 3 aromatic heterocycles. The van der Waals surface area contributed by atoms with Crippen LogP contribution in [0.25, 0.3) is 5.00 Å². The lowest BCUT2D eigenvalue weighted by atomic mass is 10.3. The molecule has 7 nitrogen and oxygen atoms in total. The van der Waals surface area contributed by atoms with Crippen molar-refractivity contribution in [3.63, 3.8) is 0 Å². The van der Waals surface area contributed by atoms with Gasteiger partial charge in [0.2, 0.25) is 0 Å². The summed E-state index contributed by atoms with van der Waals surface area (Å²) in [7, 11) is 0. The monoisotopic (exact) mass is 403 g/mol. The van der Waals surface area contributed by atoms with Crippen LogP contribution in [0.1, 0.15) is 32.1 Å². The lowest BCUT2D eigenvalue weighted by Gasteiger charge is -2.10. The van der Waals surface area contributed by atoms with Gasteiger partial charge >= 0.3 is 5.97 Å². The molecule has 0 aliphatic carbocycles. The number of ether oxygens (including phenoxy) is 1. The lowest BCUT2D eigenvalue weighted by molar-refractivity contribution is -0.119. The molecule has 3 heterocycles. The van der Waals surface area contributed by atoms with Crippen molar-refractivity contribution in [2.45, 2.75) is 13.8 Å². The van der Waals surface area contributed by atoms with Gasteiger partial charge in [0.1, 0.15) is 10.0 Å². The fraction of sp³-hybridized carbons (Fsp3) is 0.167. The largest absolute Gasteiger partial charge is 0.452 e. The maximum atomic E-state index is 12.4. The summed E-state index contributed by atoms with van der Waals surface area (Å²) in [6.07, 6.45) is 0. The van der Waals surface area contributed by atoms with Crippen LogP contribution in [0.5, 0.6) is 0 Å². The molecule has 140 valence electrons. The number of anilines is 1. The fourth-order valence-corrected chi connectivity index (χ4v) is 4.40. The Morgan fingerprint density at radius 1 is 1.04 bits per heavy atom. The predicted molar refractivity (Wildman–Crippen MR) is 105 cm³/mol. The quantitative estimate of drug-likeness (QED) is 0.617. The van der Waals surface area contributed by atoms with Crippen LogP contribution in [0, 0.1) is 13.8 Å². The van der Waals surface area contributed by atoms with E-state index >= 15 is 0 Å². The van der Waals surface area contributed by atoms with Gasteiger partial charge in [-0.2, -0.15) is 0 Å². The highest BCUT2D eigenvalue weighted by atomic mass is 32.1. The van der Waals surface area contributed by atoms with E-state index in [4.69, 9.17) is 10.5 Å². The number of carbonyl (C=O) groups excluding carboxylic acids is 3. The second-order valence-corrected chi connectivity index (χ2v) is 7.55. The summed E-state index contributed by atoms with van der Waals surface area (Å²) in [4.78, 5) is 35.8. The van der Waals surface area contributed by atoms with Gasteiger partial charge < -0.3 is 20.4 Å². The molecule has 0 fully saturated rings. The van der Waals surface area contributed by atoms with Crippen molar-refractivity contribution in [3.05, 3.63) is 57.5 Å². The fourth-order valence-electron chi connectivity index (χ4n) is 2.59. The number of esters is 1. The number of carbonyl (C=O) groups is 3. The van der Waals surface area contributed by atoms with Crippen LogP contribution in [0.4, 0.5) is 5.00 Å². The highest BCUT2D eigenvalue weighted by molar-refractivity contribution is 7.14. The van der Waals surface area contributed by atoms with Gasteiger partial charge in [-0.25, -0.2) is 4.79 Å². The van der Waals surface area contributed by atoms with Gasteiger partial charge in [-0.05, 0) is 48.9 Å². The summed E-state index contributed by atoms with van der Waals surface area (Å²) >= 11 is 2.59. The van der Waals surface area contributed by atoms with Crippen molar-refractivity contribution >= 4 is 45.5 Å². The van der Waals surface area contributed by atoms with Gasteiger partial charge in [0, 0.05) is 11.4 Å². The Bertz CT molecular complexity index is 996. The number of nitrogens with one attached hydrogen (secondary N) is 1. The van der Waals surface area contributed by atoms with Crippen molar-refractivity contribution in [2.24, 2.45) is 5.73 Å². The van der Waals surface area contributed by atoms with Gasteiger partial charge in [-0.3, -0.25) is 9.59 Å². The second-order valence-electron chi connectivity index (χ2n) is 5.74. The Hall–Kier alpha value is -2.91. The first-order valence-electron chi connectivity index (χ1n) is 7.95. The van der Waals surface area contributed by atoms with Crippen LogP contribution in [0.3, 0.4) is 0 Å². The number of thiophene rings is 2. The smallest absolute Gasteiger partial charge is 0.341 e. The third-order valence-electron chi connectivity index (χ3n) is 3.86. The minimum Gasteiger partial charge on any atom is -0.452 e. The lowest BCUT2D eigenvalue weighted by Crippen LogP contribution is -2.22. The van der Waals surface area contributed by atoms with Crippen LogP contribution >= 0.6 is 22.7 Å². The number of aromatic nitrogens is 1. The number of nitrogens with two attached hydrogens (primary N) is 1. The van der Waals surface area contributed by atoms with Gasteiger partial charge in [0.05, 0.1) is 11.1 Å². The SMILES string of the molecule is Cc1ccc(C)n1-c1sccc1C(=O)OCC(=O)Nc1sccc1C(N)=O. The van der Waals surface area contributed by atoms with Crippen molar-refractivity contribution in [2.75, 3.05) is 11.9 Å². The summed E-state index contributed by atoms with van der Waals surface area (Å²) in [6, 6.07) is 7.13. The predicted octanol–water partition coefficient (Wildman–Crippen LogP) is 3.11. The third kappa shape index (κ3) is 3.93. The third-order valence-corrected chi connectivity index (χ3v) is 5.58. The number of rotatable bonds is 6. The molecule has 0 bridgehead atoms. The first-order chi connectivity index (χ1) is 12.9. The van der Waals surface area contributed by atoms with Gasteiger partial charge in [-0.1, -0.05) is 0 Å². The van der Waals surface area contributed by atoms with Gasteiger partial charge in [-0.15, -0.1) is 22.7 Å². The van der Waals surface area contributed by atoms with Crippen LogP contribution in [-0.4, -0.2) is 29.0 Å². The molecule has 2 amide bonds. The molecule has 0 spiro atoms. The van der Waals surface area contributed by atoms with E-state index in [9.17, 15) is 14.4 Å². The van der Waals surface area contributed by atoms with Crippen LogP contribution in [0.15, 0.2) is 35.0 Å². The van der Waals surface area contributed by atoms with Gasteiger partial charge in [0.25, 0.3) is 11.8 Å². The number of aryl methyl sites for hydroxylation is 2. The van der Waals surface area contributed by atoms with Crippen molar-refractivity contribution < 1.29 is 19.1 Å². The zero-order valence-electron chi connectivity index (χ0n) is 14.6. The molecule has 3 rings (SSSR count). The second kappa shape index (κ2) is 7.77. The summed E-state index contributed by atoms with van der Waals surface area (Å²) in [5.41, 5.74) is 7.85. The maximum Gasteiger partial charge on any atom is 0.341 e. The molecule has 3 aromatic rings. The summed E-state index contributed by atoms with van der Waals surface area (Å²) in [6.45, 7) is 3.44. The number of primary amides is 1. The summed E-state index contributed by atoms with van der Waals surface area (Å²) < 4.78 is 7.11. The van der Waals surface area contributed by atoms with E-state index in [1.54, 1.807) is 16.8 Å². The van der Waals surface area contributed by atoms with Crippen molar-refractivity contribution in [3.8, 4) is 5.00 Å². The van der Waals surface area contributed by atoms with Gasteiger partial charge in [0.15, 0.2) is 6.61 Å². The van der Waals surface area contributed by atoms with E-state index in [2.05, 4.69) is 5.32 Å². The number of hydrogen-bond donors (Lipinski definition) is 2. The molecule has 0 unspecified atom stereocenters. The molecule has 0 aliphatic heterocycles. The summed E-state index contributed by atoms with van der Waals surface area (Å²) in [5.74, 6) is -1.77. The van der Waals surface area contributed by atoms with E-state index in [-0.39, 0.29) is 5.56 Å². The van der Waals surface area contributed by atoms with Crippen molar-refractivity contribution in [1.29, 1.82) is 0 Å². The zero-order valence-corrected chi connectivity index (χ0v) is 16.3. The highest BCUT2D eigenvalue weighted by Gasteiger charge is 2.19. The van der Waals surface area contributed by atoms with E-state index in [1.807, 2.05) is 30.5 Å². The average Bonchev–Trinajstić information content (AvgIpc) is 3.33. The Balaban J connectivity index is 1.67. The molecule has 0 saturated carbocycles. The Kier molecular flexibility index (Phi) is 5.43. The first kappa shape index (κ1) is 18.9. The zero-order chi connectivity index (χ0) is 19.6. The minimum atomic E-state index is -0.635. The molecule has 0 aliphatic rings. The van der Waals surface area contributed by atoms with E-state index in [0.29, 0.717) is 10.6 Å². The van der Waals surface area contributed by atoms with E-state index in [0.717, 1.165) is 16.4 Å². The standard InChI is InChI=1S/C18H17N3O4S2/c1-10-3-4-11(2)21(10)17-13(6-8-27-17)18(24)25-9-14(22)20-16-12(15(19)23)5-7-26-16/h3-8H,9H2,1-2H3,(H2,19,23)(H,20,22). The first-order valence-corrected chi connectivity index (χ1v) is 9.71. The molecule has 9 heteroatoms. The Morgan fingerprint density at radius 3 is 2.33 bits per heavy atom. The van der Waals surface area contributed by atoms with Crippen LogP contribution < -0.4 is 11.1 Å². The number of nitrogens with zero attached hydrogens (tertiary/aromatic N) is 1. The minimum absolute atomic E-state index is 0.221. The number of hydrogen-bond acceptors (Lipinski definition) is 6. The highest BCUT2D eigenvalue weighted by Crippen LogP contribution is 2.27. The summed E-state index contributed by atoms with van der Waals surface area (Å²) in [5, 5.41) is 7.05. The average molecular weight is 403 g/mol. The molecule has 0 aromatic carbocycles. The van der Waals surface area contributed by atoms with Crippen LogP contribution in [0.2, 0.25) is 0 Å². The molecule has 0 atom stereocenters. The molecule has 27 heavy (non-hydrogen) atoms. The molecule has 0 radical (unpaired) electrons. The normalized spacial score (nSPS) is 10.6. The van der Waals surface area contributed by atoms with E-state index in [1.165, 1.54) is 28.7 Å². The van der Waals surface area contributed by atoms with E-state index < -0.39 is 24.4 Å². The Labute approximate surface area is 163 Å². The molecule has 0 saturated heterocycles. The van der Waals surface area contributed by atoms with Crippen LogP contribution in [-0.2, 0) is 9.53 Å². The molecular weight excluding hydrogens is 386 g/mol. The van der Waals surface area contributed by atoms with Crippen molar-refractivity contribution in [1.82, 2.24) is 4.57 Å².